The molecule has 0 spiro atoms. The van der Waals surface area contributed by atoms with Crippen molar-refractivity contribution in [3.8, 4) is 0 Å². The highest BCUT2D eigenvalue weighted by atomic mass is 127. The molecule has 0 bridgehead atoms. The first kappa shape index (κ1) is 17.3. The van der Waals surface area contributed by atoms with Crippen LogP contribution in [-0.2, 0) is 13.0 Å². The third-order valence-electron chi connectivity index (χ3n) is 4.02. The van der Waals surface area contributed by atoms with E-state index < -0.39 is 0 Å². The average molecular weight is 387 g/mol. The number of nitrogens with two attached hydrogens (primary N) is 1. The quantitative estimate of drug-likeness (QED) is 0.491. The molecule has 4 heteroatoms. The number of benzene rings is 1. The Kier molecular flexibility index (Phi) is 7.34. The normalized spacial score (nSPS) is 16.9. The summed E-state index contributed by atoms with van der Waals surface area (Å²) in [5.74, 6) is 1.53. The number of hydrogen-bond acceptors (Lipinski definition) is 1. The van der Waals surface area contributed by atoms with Crippen molar-refractivity contribution in [2.45, 2.75) is 39.7 Å². The van der Waals surface area contributed by atoms with E-state index in [0.717, 1.165) is 25.4 Å². The van der Waals surface area contributed by atoms with Gasteiger partial charge in [-0.15, -0.1) is 24.0 Å². The Balaban J connectivity index is 0.00000200. The van der Waals surface area contributed by atoms with Crippen LogP contribution in [0.3, 0.4) is 0 Å². The van der Waals surface area contributed by atoms with Crippen LogP contribution in [0.2, 0.25) is 0 Å². The summed E-state index contributed by atoms with van der Waals surface area (Å²) in [6.07, 6.45) is 3.50. The minimum atomic E-state index is 0. The molecule has 1 aliphatic heterocycles. The molecule has 1 heterocycles. The number of halogens is 1. The Morgan fingerprint density at radius 2 is 1.85 bits per heavy atom. The van der Waals surface area contributed by atoms with E-state index in [1.807, 2.05) is 0 Å². The minimum Gasteiger partial charge on any atom is -0.370 e. The van der Waals surface area contributed by atoms with Gasteiger partial charge in [0, 0.05) is 13.1 Å². The molecule has 0 saturated carbocycles. The second-order valence-electron chi connectivity index (χ2n) is 5.47. The highest BCUT2D eigenvalue weighted by Crippen LogP contribution is 2.16. The van der Waals surface area contributed by atoms with Gasteiger partial charge < -0.3 is 10.6 Å². The summed E-state index contributed by atoms with van der Waals surface area (Å²) < 4.78 is 0. The molecule has 1 aliphatic rings. The fourth-order valence-corrected chi connectivity index (χ4v) is 2.56. The van der Waals surface area contributed by atoms with Crippen LogP contribution in [0, 0.1) is 5.92 Å². The van der Waals surface area contributed by atoms with Gasteiger partial charge in [0.15, 0.2) is 5.96 Å². The molecule has 1 aromatic carbocycles. The molecular formula is C16H26IN3. The largest absolute Gasteiger partial charge is 0.370 e. The van der Waals surface area contributed by atoms with Gasteiger partial charge in [-0.05, 0) is 36.3 Å². The summed E-state index contributed by atoms with van der Waals surface area (Å²) in [4.78, 5) is 6.79. The van der Waals surface area contributed by atoms with Crippen molar-refractivity contribution < 1.29 is 0 Å². The number of aryl methyl sites for hydroxylation is 1. The van der Waals surface area contributed by atoms with Crippen molar-refractivity contribution in [3.63, 3.8) is 0 Å². The predicted molar refractivity (Wildman–Crippen MR) is 96.5 cm³/mol. The first-order chi connectivity index (χ1) is 9.20. The van der Waals surface area contributed by atoms with Crippen molar-refractivity contribution in [2.75, 3.05) is 13.1 Å². The molecular weight excluding hydrogens is 361 g/mol. The van der Waals surface area contributed by atoms with Crippen molar-refractivity contribution >= 4 is 29.9 Å². The SMILES string of the molecule is CCc1ccccc1CN=C(N)N1CCC(C)CC1.I. The Bertz CT molecular complexity index is 437. The number of aliphatic imine (C=N–C) groups is 1. The van der Waals surface area contributed by atoms with Crippen LogP contribution in [0.5, 0.6) is 0 Å². The molecule has 1 fully saturated rings. The number of likely N-dealkylation sites (tertiary alicyclic amines) is 1. The van der Waals surface area contributed by atoms with Crippen LogP contribution in [0.15, 0.2) is 29.3 Å². The third kappa shape index (κ3) is 4.65. The maximum Gasteiger partial charge on any atom is 0.191 e. The van der Waals surface area contributed by atoms with Crippen LogP contribution < -0.4 is 5.73 Å². The summed E-state index contributed by atoms with van der Waals surface area (Å²) >= 11 is 0. The molecule has 0 aromatic heterocycles. The smallest absolute Gasteiger partial charge is 0.191 e. The fraction of sp³-hybridized carbons (Fsp3) is 0.562. The molecule has 0 atom stereocenters. The van der Waals surface area contributed by atoms with Gasteiger partial charge in [-0.2, -0.15) is 0 Å². The summed E-state index contributed by atoms with van der Waals surface area (Å²) in [6.45, 7) is 7.28. The van der Waals surface area contributed by atoms with Gasteiger partial charge in [0.05, 0.1) is 6.54 Å². The Morgan fingerprint density at radius 3 is 2.45 bits per heavy atom. The van der Waals surface area contributed by atoms with E-state index in [2.05, 4.69) is 48.0 Å². The topological polar surface area (TPSA) is 41.6 Å². The Labute approximate surface area is 139 Å². The van der Waals surface area contributed by atoms with Crippen LogP contribution in [0.1, 0.15) is 37.8 Å². The van der Waals surface area contributed by atoms with Crippen molar-refractivity contribution in [3.05, 3.63) is 35.4 Å². The molecule has 2 N–H and O–H groups in total. The maximum atomic E-state index is 6.11. The lowest BCUT2D eigenvalue weighted by Gasteiger charge is -2.31. The van der Waals surface area contributed by atoms with E-state index in [-0.39, 0.29) is 24.0 Å². The number of nitrogens with zero attached hydrogens (tertiary/aromatic N) is 2. The first-order valence-electron chi connectivity index (χ1n) is 7.32. The number of hydrogen-bond donors (Lipinski definition) is 1. The second kappa shape index (κ2) is 8.49. The molecule has 0 amide bonds. The molecule has 2 rings (SSSR count). The van der Waals surface area contributed by atoms with Gasteiger partial charge in [-0.25, -0.2) is 4.99 Å². The van der Waals surface area contributed by atoms with Crippen molar-refractivity contribution in [1.29, 1.82) is 0 Å². The van der Waals surface area contributed by atoms with E-state index >= 15 is 0 Å². The zero-order chi connectivity index (χ0) is 13.7. The van der Waals surface area contributed by atoms with Crippen LogP contribution in [0.4, 0.5) is 0 Å². The summed E-state index contributed by atoms with van der Waals surface area (Å²) in [6, 6.07) is 8.47. The van der Waals surface area contributed by atoms with Crippen LogP contribution in [0.25, 0.3) is 0 Å². The number of guanidine groups is 1. The van der Waals surface area contributed by atoms with E-state index in [9.17, 15) is 0 Å². The predicted octanol–water partition coefficient (Wildman–Crippen LogP) is 3.41. The fourth-order valence-electron chi connectivity index (χ4n) is 2.56. The minimum absolute atomic E-state index is 0. The average Bonchev–Trinajstić information content (AvgIpc) is 2.45. The van der Waals surface area contributed by atoms with Gasteiger partial charge in [-0.1, -0.05) is 38.1 Å². The summed E-state index contributed by atoms with van der Waals surface area (Å²) in [7, 11) is 0. The highest BCUT2D eigenvalue weighted by Gasteiger charge is 2.16. The molecule has 1 saturated heterocycles. The molecule has 20 heavy (non-hydrogen) atoms. The van der Waals surface area contributed by atoms with E-state index in [0.29, 0.717) is 12.5 Å². The van der Waals surface area contributed by atoms with Gasteiger partial charge in [-0.3, -0.25) is 0 Å². The molecule has 0 unspecified atom stereocenters. The van der Waals surface area contributed by atoms with E-state index in [4.69, 9.17) is 5.73 Å². The molecule has 3 nitrogen and oxygen atoms in total. The lowest BCUT2D eigenvalue weighted by molar-refractivity contribution is 0.277. The summed E-state index contributed by atoms with van der Waals surface area (Å²) in [5.41, 5.74) is 8.77. The maximum absolute atomic E-state index is 6.11. The number of piperidine rings is 1. The molecule has 0 radical (unpaired) electrons. The van der Waals surface area contributed by atoms with Gasteiger partial charge >= 0.3 is 0 Å². The zero-order valence-electron chi connectivity index (χ0n) is 12.5. The molecule has 0 aliphatic carbocycles. The Hall–Kier alpha value is -0.780. The lowest BCUT2D eigenvalue weighted by atomic mass is 10.00. The standard InChI is InChI=1S/C16H25N3.HI/c1-3-14-6-4-5-7-15(14)12-18-16(17)19-10-8-13(2)9-11-19;/h4-7,13H,3,8-12H2,1-2H3,(H2,17,18);1H. The highest BCUT2D eigenvalue weighted by molar-refractivity contribution is 14.0. The summed E-state index contributed by atoms with van der Waals surface area (Å²) in [5, 5.41) is 0. The lowest BCUT2D eigenvalue weighted by Crippen LogP contribution is -2.42. The van der Waals surface area contributed by atoms with Crippen molar-refractivity contribution in [2.24, 2.45) is 16.6 Å². The third-order valence-corrected chi connectivity index (χ3v) is 4.02. The van der Waals surface area contributed by atoms with Gasteiger partial charge in [0.25, 0.3) is 0 Å². The van der Waals surface area contributed by atoms with Crippen molar-refractivity contribution in [1.82, 2.24) is 4.90 Å². The van der Waals surface area contributed by atoms with E-state index in [1.165, 1.54) is 24.0 Å². The second-order valence-corrected chi connectivity index (χ2v) is 5.47. The van der Waals surface area contributed by atoms with Crippen LogP contribution >= 0.6 is 24.0 Å². The monoisotopic (exact) mass is 387 g/mol. The van der Waals surface area contributed by atoms with Crippen LogP contribution in [-0.4, -0.2) is 23.9 Å². The first-order valence-corrected chi connectivity index (χ1v) is 7.32. The number of rotatable bonds is 3. The Morgan fingerprint density at radius 1 is 1.25 bits per heavy atom. The molecule has 112 valence electrons. The zero-order valence-corrected chi connectivity index (χ0v) is 14.8. The van der Waals surface area contributed by atoms with Gasteiger partial charge in [0.2, 0.25) is 0 Å². The van der Waals surface area contributed by atoms with Gasteiger partial charge in [0.1, 0.15) is 0 Å². The van der Waals surface area contributed by atoms with E-state index in [1.54, 1.807) is 0 Å². The molecule has 1 aromatic rings.